The van der Waals surface area contributed by atoms with Gasteiger partial charge in [-0.25, -0.2) is 0 Å². The molecule has 0 atom stereocenters. The number of ether oxygens (including phenoxy) is 1. The van der Waals surface area contributed by atoms with Crippen molar-refractivity contribution in [1.82, 2.24) is 5.32 Å². The van der Waals surface area contributed by atoms with Crippen molar-refractivity contribution < 1.29 is 4.74 Å². The quantitative estimate of drug-likeness (QED) is 0.709. The number of unbranched alkanes of at least 4 members (excludes halogenated alkanes) is 3. The van der Waals surface area contributed by atoms with E-state index in [2.05, 4.69) is 12.2 Å². The van der Waals surface area contributed by atoms with Gasteiger partial charge < -0.3 is 10.1 Å². The maximum atomic E-state index is 6.15. The minimum Gasteiger partial charge on any atom is -0.496 e. The van der Waals surface area contributed by atoms with Gasteiger partial charge >= 0.3 is 0 Å². The van der Waals surface area contributed by atoms with Gasteiger partial charge in [0.1, 0.15) is 5.75 Å². The molecule has 17 heavy (non-hydrogen) atoms. The molecule has 0 saturated heterocycles. The maximum Gasteiger partial charge on any atom is 0.124 e. The Hall–Kier alpha value is -0.730. The summed E-state index contributed by atoms with van der Waals surface area (Å²) in [6, 6.07) is 5.75. The first kappa shape index (κ1) is 14.3. The average molecular weight is 256 g/mol. The smallest absolute Gasteiger partial charge is 0.124 e. The van der Waals surface area contributed by atoms with Gasteiger partial charge in [0.2, 0.25) is 0 Å². The zero-order valence-corrected chi connectivity index (χ0v) is 11.5. The van der Waals surface area contributed by atoms with Crippen molar-refractivity contribution in [1.29, 1.82) is 0 Å². The van der Waals surface area contributed by atoms with Crippen LogP contribution in [-0.4, -0.2) is 13.7 Å². The summed E-state index contributed by atoms with van der Waals surface area (Å²) >= 11 is 6.15. The Morgan fingerprint density at radius 1 is 1.24 bits per heavy atom. The molecule has 0 aromatic heterocycles. The molecule has 0 heterocycles. The van der Waals surface area contributed by atoms with Gasteiger partial charge in [-0.15, -0.1) is 0 Å². The molecular weight excluding hydrogens is 234 g/mol. The van der Waals surface area contributed by atoms with Gasteiger partial charge in [0.15, 0.2) is 0 Å². The lowest BCUT2D eigenvalue weighted by atomic mass is 10.2. The Morgan fingerprint density at radius 3 is 2.76 bits per heavy atom. The van der Waals surface area contributed by atoms with E-state index in [1.165, 1.54) is 25.7 Å². The molecule has 2 nitrogen and oxygen atoms in total. The van der Waals surface area contributed by atoms with Crippen LogP contribution in [-0.2, 0) is 6.54 Å². The molecule has 96 valence electrons. The topological polar surface area (TPSA) is 21.3 Å². The number of rotatable bonds is 8. The van der Waals surface area contributed by atoms with Crippen molar-refractivity contribution in [3.63, 3.8) is 0 Å². The maximum absolute atomic E-state index is 6.15. The van der Waals surface area contributed by atoms with Crippen LogP contribution in [0.5, 0.6) is 5.75 Å². The standard InChI is InChI=1S/C14H22ClNO/c1-3-4-5-6-10-16-11-12-13(15)8-7-9-14(12)17-2/h7-9,16H,3-6,10-11H2,1-2H3. The number of nitrogens with one attached hydrogen (secondary N) is 1. The highest BCUT2D eigenvalue weighted by Gasteiger charge is 2.06. The van der Waals surface area contributed by atoms with E-state index in [4.69, 9.17) is 16.3 Å². The van der Waals surface area contributed by atoms with Crippen molar-refractivity contribution in [3.05, 3.63) is 28.8 Å². The van der Waals surface area contributed by atoms with Gasteiger partial charge in [0, 0.05) is 17.1 Å². The molecule has 0 radical (unpaired) electrons. The molecule has 1 rings (SSSR count). The Bertz CT molecular complexity index is 328. The third-order valence-corrected chi connectivity index (χ3v) is 3.16. The Kier molecular flexibility index (Phi) is 7.06. The van der Waals surface area contributed by atoms with Gasteiger partial charge in [0.05, 0.1) is 7.11 Å². The van der Waals surface area contributed by atoms with E-state index >= 15 is 0 Å². The molecular formula is C14H22ClNO. The fraction of sp³-hybridized carbons (Fsp3) is 0.571. The first-order valence-electron chi connectivity index (χ1n) is 6.31. The van der Waals surface area contributed by atoms with Crippen molar-refractivity contribution in [2.75, 3.05) is 13.7 Å². The molecule has 0 aliphatic rings. The summed E-state index contributed by atoms with van der Waals surface area (Å²) in [7, 11) is 1.68. The van der Waals surface area contributed by atoms with Crippen LogP contribution in [0.2, 0.25) is 5.02 Å². The molecule has 0 unspecified atom stereocenters. The largest absolute Gasteiger partial charge is 0.496 e. The van der Waals surface area contributed by atoms with Crippen LogP contribution >= 0.6 is 11.6 Å². The monoisotopic (exact) mass is 255 g/mol. The van der Waals surface area contributed by atoms with Crippen LogP contribution in [0.25, 0.3) is 0 Å². The van der Waals surface area contributed by atoms with E-state index in [1.807, 2.05) is 18.2 Å². The zero-order chi connectivity index (χ0) is 12.5. The third kappa shape index (κ3) is 4.97. The molecule has 0 saturated carbocycles. The molecule has 1 aromatic rings. The Morgan fingerprint density at radius 2 is 2.06 bits per heavy atom. The van der Waals surface area contributed by atoms with Crippen molar-refractivity contribution in [2.45, 2.75) is 39.2 Å². The summed E-state index contributed by atoms with van der Waals surface area (Å²) in [6.07, 6.45) is 5.11. The molecule has 3 heteroatoms. The van der Waals surface area contributed by atoms with E-state index in [1.54, 1.807) is 7.11 Å². The number of halogens is 1. The number of benzene rings is 1. The summed E-state index contributed by atoms with van der Waals surface area (Å²) in [4.78, 5) is 0. The molecule has 0 aliphatic carbocycles. The lowest BCUT2D eigenvalue weighted by molar-refractivity contribution is 0.407. The average Bonchev–Trinajstić information content (AvgIpc) is 2.35. The summed E-state index contributed by atoms with van der Waals surface area (Å²) < 4.78 is 5.30. The predicted octanol–water partition coefficient (Wildman–Crippen LogP) is 4.02. The highest BCUT2D eigenvalue weighted by molar-refractivity contribution is 6.31. The normalized spacial score (nSPS) is 10.5. The summed E-state index contributed by atoms with van der Waals surface area (Å²) in [5.74, 6) is 0.860. The highest BCUT2D eigenvalue weighted by Crippen LogP contribution is 2.25. The van der Waals surface area contributed by atoms with Gasteiger partial charge in [0.25, 0.3) is 0 Å². The van der Waals surface area contributed by atoms with E-state index in [-0.39, 0.29) is 0 Å². The molecule has 0 spiro atoms. The van der Waals surface area contributed by atoms with E-state index in [9.17, 15) is 0 Å². The van der Waals surface area contributed by atoms with E-state index in [0.29, 0.717) is 0 Å². The minimum atomic E-state index is 0.769. The Labute approximate surface area is 109 Å². The second-order valence-electron chi connectivity index (χ2n) is 4.16. The number of methoxy groups -OCH3 is 1. The van der Waals surface area contributed by atoms with Crippen LogP contribution in [0.15, 0.2) is 18.2 Å². The van der Waals surface area contributed by atoms with Gasteiger partial charge in [-0.1, -0.05) is 43.9 Å². The van der Waals surface area contributed by atoms with Gasteiger partial charge in [-0.3, -0.25) is 0 Å². The van der Waals surface area contributed by atoms with Crippen LogP contribution in [0.1, 0.15) is 38.2 Å². The SMILES string of the molecule is CCCCCCNCc1c(Cl)cccc1OC. The molecule has 0 amide bonds. The second kappa shape index (κ2) is 8.37. The molecule has 1 N–H and O–H groups in total. The van der Waals surface area contributed by atoms with Crippen LogP contribution in [0.3, 0.4) is 0 Å². The first-order chi connectivity index (χ1) is 8.29. The molecule has 0 aliphatic heterocycles. The van der Waals surface area contributed by atoms with Crippen molar-refractivity contribution >= 4 is 11.6 Å². The van der Waals surface area contributed by atoms with Crippen molar-refractivity contribution in [3.8, 4) is 5.75 Å². The summed E-state index contributed by atoms with van der Waals surface area (Å²) in [6.45, 7) is 4.03. The van der Waals surface area contributed by atoms with E-state index < -0.39 is 0 Å². The number of hydrogen-bond donors (Lipinski definition) is 1. The fourth-order valence-corrected chi connectivity index (χ4v) is 2.02. The third-order valence-electron chi connectivity index (χ3n) is 2.80. The van der Waals surface area contributed by atoms with Crippen LogP contribution in [0.4, 0.5) is 0 Å². The van der Waals surface area contributed by atoms with E-state index in [0.717, 1.165) is 29.4 Å². The minimum absolute atomic E-state index is 0.769. The first-order valence-corrected chi connectivity index (χ1v) is 6.69. The summed E-state index contributed by atoms with van der Waals surface area (Å²) in [5, 5.41) is 4.18. The lowest BCUT2D eigenvalue weighted by Crippen LogP contribution is -2.15. The molecule has 0 fully saturated rings. The lowest BCUT2D eigenvalue weighted by Gasteiger charge is -2.11. The van der Waals surface area contributed by atoms with Crippen molar-refractivity contribution in [2.24, 2.45) is 0 Å². The van der Waals surface area contributed by atoms with Crippen LogP contribution in [0, 0.1) is 0 Å². The fourth-order valence-electron chi connectivity index (χ4n) is 1.79. The second-order valence-corrected chi connectivity index (χ2v) is 4.57. The predicted molar refractivity (Wildman–Crippen MR) is 73.9 cm³/mol. The zero-order valence-electron chi connectivity index (χ0n) is 10.8. The summed E-state index contributed by atoms with van der Waals surface area (Å²) in [5.41, 5.74) is 1.05. The molecule has 0 bridgehead atoms. The Balaban J connectivity index is 2.35. The van der Waals surface area contributed by atoms with Crippen LogP contribution < -0.4 is 10.1 Å². The highest BCUT2D eigenvalue weighted by atomic mass is 35.5. The molecule has 1 aromatic carbocycles. The van der Waals surface area contributed by atoms with Gasteiger partial charge in [-0.2, -0.15) is 0 Å². The number of hydrogen-bond acceptors (Lipinski definition) is 2. The van der Waals surface area contributed by atoms with Gasteiger partial charge in [-0.05, 0) is 25.1 Å².